The van der Waals surface area contributed by atoms with Gasteiger partial charge in [0.05, 0.1) is 16.6 Å². The Balaban J connectivity index is 1.91. The van der Waals surface area contributed by atoms with E-state index in [2.05, 4.69) is 20.9 Å². The van der Waals surface area contributed by atoms with E-state index in [9.17, 15) is 13.6 Å². The lowest BCUT2D eigenvalue weighted by Gasteiger charge is -2.11. The van der Waals surface area contributed by atoms with Gasteiger partial charge in [0, 0.05) is 4.47 Å². The predicted octanol–water partition coefficient (Wildman–Crippen LogP) is 5.60. The van der Waals surface area contributed by atoms with Crippen molar-refractivity contribution in [2.24, 2.45) is 0 Å². The molecule has 0 atom stereocenters. The Labute approximate surface area is 167 Å². The number of benzene rings is 3. The van der Waals surface area contributed by atoms with Crippen LogP contribution in [0.3, 0.4) is 0 Å². The zero-order chi connectivity index (χ0) is 19.7. The first-order chi connectivity index (χ1) is 13.5. The molecule has 4 aromatic rings. The van der Waals surface area contributed by atoms with Gasteiger partial charge in [0.1, 0.15) is 5.82 Å². The normalized spacial score (nSPS) is 11.4. The zero-order valence-electron chi connectivity index (χ0n) is 14.4. The number of hydrogen-bond acceptors (Lipinski definition) is 2. The average molecular weight is 439 g/mol. The molecule has 3 aromatic carbocycles. The molecule has 4 rings (SSSR count). The number of rotatable bonds is 3. The Bertz CT molecular complexity index is 1260. The smallest absolute Gasteiger partial charge is 0.266 e. The van der Waals surface area contributed by atoms with Gasteiger partial charge in [-0.05, 0) is 60.2 Å². The van der Waals surface area contributed by atoms with Crippen LogP contribution in [-0.2, 0) is 0 Å². The topological polar surface area (TPSA) is 34.9 Å². The van der Waals surface area contributed by atoms with Crippen molar-refractivity contribution >= 4 is 39.0 Å². The van der Waals surface area contributed by atoms with Crippen LogP contribution in [0.1, 0.15) is 11.4 Å². The van der Waals surface area contributed by atoms with Gasteiger partial charge in [-0.15, -0.1) is 0 Å². The number of aromatic nitrogens is 2. The van der Waals surface area contributed by atoms with Crippen molar-refractivity contribution in [2.45, 2.75) is 0 Å². The highest BCUT2D eigenvalue weighted by atomic mass is 79.9. The van der Waals surface area contributed by atoms with E-state index >= 15 is 0 Å². The lowest BCUT2D eigenvalue weighted by molar-refractivity contribution is 0.508. The van der Waals surface area contributed by atoms with Gasteiger partial charge in [0.2, 0.25) is 0 Å². The summed E-state index contributed by atoms with van der Waals surface area (Å²) in [6.07, 6.45) is 3.21. The van der Waals surface area contributed by atoms with E-state index in [0.717, 1.165) is 16.6 Å². The molecule has 0 unspecified atom stereocenters. The van der Waals surface area contributed by atoms with Gasteiger partial charge in [-0.1, -0.05) is 40.2 Å². The molecule has 0 saturated carbocycles. The Morgan fingerprint density at radius 2 is 1.64 bits per heavy atom. The quantitative estimate of drug-likeness (QED) is 0.417. The molecule has 138 valence electrons. The first kappa shape index (κ1) is 18.3. The summed E-state index contributed by atoms with van der Waals surface area (Å²) >= 11 is 3.39. The Morgan fingerprint density at radius 1 is 0.893 bits per heavy atom. The first-order valence-corrected chi connectivity index (χ1v) is 9.23. The highest BCUT2D eigenvalue weighted by molar-refractivity contribution is 9.10. The third kappa shape index (κ3) is 3.51. The summed E-state index contributed by atoms with van der Waals surface area (Å²) < 4.78 is 29.0. The maximum atomic E-state index is 13.5. The van der Waals surface area contributed by atoms with E-state index < -0.39 is 11.6 Å². The fraction of sp³-hybridized carbons (Fsp3) is 0. The van der Waals surface area contributed by atoms with Crippen LogP contribution >= 0.6 is 15.9 Å². The van der Waals surface area contributed by atoms with Gasteiger partial charge >= 0.3 is 0 Å². The summed E-state index contributed by atoms with van der Waals surface area (Å²) in [4.78, 5) is 17.7. The molecule has 0 amide bonds. The summed E-state index contributed by atoms with van der Waals surface area (Å²) in [7, 11) is 0. The summed E-state index contributed by atoms with van der Waals surface area (Å²) in [5.41, 5.74) is 1.46. The summed E-state index contributed by atoms with van der Waals surface area (Å²) in [5.74, 6) is -1.46. The molecule has 0 fully saturated rings. The molecule has 0 N–H and O–H groups in total. The molecule has 0 radical (unpaired) electrons. The van der Waals surface area contributed by atoms with Crippen molar-refractivity contribution in [2.75, 3.05) is 0 Å². The highest BCUT2D eigenvalue weighted by Gasteiger charge is 2.11. The third-order valence-corrected chi connectivity index (χ3v) is 4.78. The fourth-order valence-electron chi connectivity index (χ4n) is 2.89. The van der Waals surface area contributed by atoms with Gasteiger partial charge in [0.15, 0.2) is 11.6 Å². The van der Waals surface area contributed by atoms with Gasteiger partial charge < -0.3 is 0 Å². The summed E-state index contributed by atoms with van der Waals surface area (Å²) in [6.45, 7) is 0. The molecule has 0 aliphatic rings. The molecule has 1 heterocycles. The van der Waals surface area contributed by atoms with Crippen LogP contribution in [0.15, 0.2) is 76.0 Å². The summed E-state index contributed by atoms with van der Waals surface area (Å²) in [5, 5.41) is 0.496. The number of nitrogens with zero attached hydrogens (tertiary/aromatic N) is 2. The molecular formula is C22H13BrF2N2O. The van der Waals surface area contributed by atoms with E-state index in [0.29, 0.717) is 28.0 Å². The minimum absolute atomic E-state index is 0.210. The van der Waals surface area contributed by atoms with E-state index in [4.69, 9.17) is 0 Å². The van der Waals surface area contributed by atoms with Crippen LogP contribution < -0.4 is 5.56 Å². The van der Waals surface area contributed by atoms with Crippen molar-refractivity contribution in [3.8, 4) is 5.69 Å². The SMILES string of the molecule is O=c1c2ccccc2nc(C=Cc2ccc(F)c(F)c2)n1-c1ccc(Br)cc1. The van der Waals surface area contributed by atoms with Crippen LogP contribution in [0.25, 0.3) is 28.7 Å². The predicted molar refractivity (Wildman–Crippen MR) is 110 cm³/mol. The van der Waals surface area contributed by atoms with Gasteiger partial charge in [-0.25, -0.2) is 13.8 Å². The second-order valence-corrected chi connectivity index (χ2v) is 7.03. The van der Waals surface area contributed by atoms with Crippen molar-refractivity contribution in [1.29, 1.82) is 0 Å². The maximum Gasteiger partial charge on any atom is 0.266 e. The molecule has 0 aliphatic carbocycles. The van der Waals surface area contributed by atoms with Crippen molar-refractivity contribution in [3.05, 3.63) is 105 Å². The second-order valence-electron chi connectivity index (χ2n) is 6.11. The number of hydrogen-bond donors (Lipinski definition) is 0. The minimum atomic E-state index is -0.932. The van der Waals surface area contributed by atoms with E-state index in [1.54, 1.807) is 42.5 Å². The lowest BCUT2D eigenvalue weighted by Crippen LogP contribution is -2.22. The molecule has 0 saturated heterocycles. The molecule has 0 aliphatic heterocycles. The minimum Gasteiger partial charge on any atom is -0.268 e. The number of fused-ring (bicyclic) bond motifs is 1. The van der Waals surface area contributed by atoms with Crippen LogP contribution in [0, 0.1) is 11.6 Å². The van der Waals surface area contributed by atoms with Crippen LogP contribution in [-0.4, -0.2) is 9.55 Å². The lowest BCUT2D eigenvalue weighted by atomic mass is 10.2. The molecular weight excluding hydrogens is 426 g/mol. The highest BCUT2D eigenvalue weighted by Crippen LogP contribution is 2.18. The largest absolute Gasteiger partial charge is 0.268 e. The molecule has 0 bridgehead atoms. The average Bonchev–Trinajstić information content (AvgIpc) is 2.70. The second kappa shape index (κ2) is 7.48. The van der Waals surface area contributed by atoms with Gasteiger partial charge in [-0.3, -0.25) is 9.36 Å². The molecule has 0 spiro atoms. The maximum absolute atomic E-state index is 13.5. The first-order valence-electron chi connectivity index (χ1n) is 8.44. The van der Waals surface area contributed by atoms with Gasteiger partial charge in [-0.2, -0.15) is 0 Å². The Hall–Kier alpha value is -3.12. The van der Waals surface area contributed by atoms with E-state index in [1.165, 1.54) is 10.6 Å². The molecule has 3 nitrogen and oxygen atoms in total. The molecule has 6 heteroatoms. The number of halogens is 3. The fourth-order valence-corrected chi connectivity index (χ4v) is 3.15. The van der Waals surface area contributed by atoms with Crippen LogP contribution in [0.2, 0.25) is 0 Å². The van der Waals surface area contributed by atoms with Gasteiger partial charge in [0.25, 0.3) is 5.56 Å². The monoisotopic (exact) mass is 438 g/mol. The van der Waals surface area contributed by atoms with Crippen LogP contribution in [0.4, 0.5) is 8.78 Å². The standard InChI is InChI=1S/C22H13BrF2N2O/c23-15-7-9-16(10-8-15)27-21(12-6-14-5-11-18(24)19(25)13-14)26-20-4-2-1-3-17(20)22(27)28/h1-13H. The zero-order valence-corrected chi connectivity index (χ0v) is 16.0. The molecule has 28 heavy (non-hydrogen) atoms. The van der Waals surface area contributed by atoms with E-state index in [-0.39, 0.29) is 5.56 Å². The Morgan fingerprint density at radius 3 is 2.39 bits per heavy atom. The van der Waals surface area contributed by atoms with E-state index in [1.807, 2.05) is 18.2 Å². The molecule has 1 aromatic heterocycles. The Kier molecular flexibility index (Phi) is 4.88. The van der Waals surface area contributed by atoms with Crippen molar-refractivity contribution in [1.82, 2.24) is 9.55 Å². The third-order valence-electron chi connectivity index (χ3n) is 4.25. The van der Waals surface area contributed by atoms with Crippen molar-refractivity contribution in [3.63, 3.8) is 0 Å². The summed E-state index contributed by atoms with van der Waals surface area (Å²) in [6, 6.07) is 18.0. The van der Waals surface area contributed by atoms with Crippen LogP contribution in [0.5, 0.6) is 0 Å². The number of para-hydroxylation sites is 1. The van der Waals surface area contributed by atoms with Crippen molar-refractivity contribution < 1.29 is 8.78 Å².